The number of hydrogen-bond acceptors (Lipinski definition) is 5. The fraction of sp³-hybridized carbons (Fsp3) is 0.375. The standard InChI is InChI=1S/C32H33F5N2O6S/c1-17(2)29(38(3)46(44,45)30-27(36)25(34)24(33)26(35)28(30)37)31(41)39(21-13-14-22(32(42)43)23(40)15-21)16-18-9-11-20(12-10-18)19-7-5-4-6-8-19/h9-15,17,19,29,40H,4-8,16H2,1-3H3,(H,42,43). The fourth-order valence-corrected chi connectivity index (χ4v) is 7.36. The van der Waals surface area contributed by atoms with E-state index in [2.05, 4.69) is 0 Å². The number of carboxylic acids is 1. The molecule has 1 amide bonds. The normalized spacial score (nSPS) is 14.9. The van der Waals surface area contributed by atoms with Gasteiger partial charge in [-0.3, -0.25) is 4.79 Å². The van der Waals surface area contributed by atoms with E-state index >= 15 is 0 Å². The summed E-state index contributed by atoms with van der Waals surface area (Å²) in [5.74, 6) is -16.3. The third-order valence-electron chi connectivity index (χ3n) is 8.27. The second kappa shape index (κ2) is 13.8. The van der Waals surface area contributed by atoms with Gasteiger partial charge in [0.05, 0.1) is 6.54 Å². The van der Waals surface area contributed by atoms with E-state index < -0.39 is 79.2 Å². The van der Waals surface area contributed by atoms with Crippen molar-refractivity contribution in [1.29, 1.82) is 0 Å². The van der Waals surface area contributed by atoms with Crippen molar-refractivity contribution < 1.29 is 50.2 Å². The summed E-state index contributed by atoms with van der Waals surface area (Å²) in [6.45, 7) is 2.61. The number of anilines is 1. The number of benzene rings is 3. The van der Waals surface area contributed by atoms with Crippen LogP contribution in [0.3, 0.4) is 0 Å². The summed E-state index contributed by atoms with van der Waals surface area (Å²) in [7, 11) is -4.75. The first-order valence-electron chi connectivity index (χ1n) is 14.5. The Labute approximate surface area is 263 Å². The highest BCUT2D eigenvalue weighted by Gasteiger charge is 2.42. The largest absolute Gasteiger partial charge is 0.507 e. The number of phenols is 1. The molecule has 3 aromatic rings. The van der Waals surface area contributed by atoms with Crippen molar-refractivity contribution in [2.75, 3.05) is 11.9 Å². The predicted octanol–water partition coefficient (Wildman–Crippen LogP) is 6.71. The van der Waals surface area contributed by atoms with E-state index in [4.69, 9.17) is 0 Å². The first kappa shape index (κ1) is 34.8. The maximum Gasteiger partial charge on any atom is 0.339 e. The van der Waals surface area contributed by atoms with Gasteiger partial charge in [-0.2, -0.15) is 4.31 Å². The van der Waals surface area contributed by atoms with Gasteiger partial charge in [0.1, 0.15) is 17.4 Å². The van der Waals surface area contributed by atoms with Crippen LogP contribution in [0.5, 0.6) is 5.75 Å². The van der Waals surface area contributed by atoms with Crippen molar-refractivity contribution in [3.63, 3.8) is 0 Å². The van der Waals surface area contributed by atoms with Gasteiger partial charge in [-0.25, -0.2) is 35.2 Å². The molecule has 1 fully saturated rings. The van der Waals surface area contributed by atoms with Crippen LogP contribution >= 0.6 is 0 Å². The summed E-state index contributed by atoms with van der Waals surface area (Å²) in [6, 6.07) is 8.87. The zero-order chi connectivity index (χ0) is 34.1. The quantitative estimate of drug-likeness (QED) is 0.141. The van der Waals surface area contributed by atoms with Crippen molar-refractivity contribution in [1.82, 2.24) is 4.31 Å². The SMILES string of the molecule is CC(C)C(C(=O)N(Cc1ccc(C2CCCCC2)cc1)c1ccc(C(=O)O)c(O)c1)N(C)S(=O)(=O)c1c(F)c(F)c(F)c(F)c1F. The maximum atomic E-state index is 14.7. The van der Waals surface area contributed by atoms with Gasteiger partial charge in [0.25, 0.3) is 0 Å². The second-order valence-corrected chi connectivity index (χ2v) is 13.6. The molecule has 1 saturated carbocycles. The molecule has 0 radical (unpaired) electrons. The van der Waals surface area contributed by atoms with Gasteiger partial charge in [-0.05, 0) is 47.9 Å². The smallest absolute Gasteiger partial charge is 0.339 e. The van der Waals surface area contributed by atoms with Gasteiger partial charge < -0.3 is 15.1 Å². The van der Waals surface area contributed by atoms with E-state index in [0.717, 1.165) is 55.3 Å². The highest BCUT2D eigenvalue weighted by Crippen LogP contribution is 2.35. The first-order chi connectivity index (χ1) is 21.6. The molecule has 248 valence electrons. The van der Waals surface area contributed by atoms with Gasteiger partial charge in [0.15, 0.2) is 28.2 Å². The molecule has 2 N–H and O–H groups in total. The van der Waals surface area contributed by atoms with E-state index in [1.807, 2.05) is 12.1 Å². The van der Waals surface area contributed by atoms with Crippen LogP contribution in [0.2, 0.25) is 0 Å². The molecular weight excluding hydrogens is 635 g/mol. The fourth-order valence-electron chi connectivity index (χ4n) is 5.80. The third-order valence-corrected chi connectivity index (χ3v) is 10.1. The van der Waals surface area contributed by atoms with Crippen LogP contribution in [0.25, 0.3) is 0 Å². The lowest BCUT2D eigenvalue weighted by Crippen LogP contribution is -2.52. The number of aromatic hydroxyl groups is 1. The van der Waals surface area contributed by atoms with E-state index in [1.54, 1.807) is 12.1 Å². The number of carbonyl (C=O) groups excluding carboxylic acids is 1. The molecule has 14 heteroatoms. The van der Waals surface area contributed by atoms with E-state index in [0.29, 0.717) is 11.5 Å². The Bertz CT molecular complexity index is 1720. The van der Waals surface area contributed by atoms with Gasteiger partial charge >= 0.3 is 5.97 Å². The summed E-state index contributed by atoms with van der Waals surface area (Å²) >= 11 is 0. The Morgan fingerprint density at radius 1 is 0.870 bits per heavy atom. The molecule has 4 rings (SSSR count). The highest BCUT2D eigenvalue weighted by atomic mass is 32.2. The summed E-state index contributed by atoms with van der Waals surface area (Å²) in [5.41, 5.74) is 1.16. The number of hydrogen-bond donors (Lipinski definition) is 2. The molecule has 0 spiro atoms. The molecule has 8 nitrogen and oxygen atoms in total. The van der Waals surface area contributed by atoms with E-state index in [1.165, 1.54) is 26.3 Å². The highest BCUT2D eigenvalue weighted by molar-refractivity contribution is 7.89. The van der Waals surface area contributed by atoms with Crippen LogP contribution in [0.4, 0.5) is 27.6 Å². The Morgan fingerprint density at radius 3 is 1.91 bits per heavy atom. The summed E-state index contributed by atoms with van der Waals surface area (Å²) in [4.78, 5) is 24.7. The van der Waals surface area contributed by atoms with Crippen molar-refractivity contribution in [2.24, 2.45) is 5.92 Å². The molecule has 46 heavy (non-hydrogen) atoms. The Kier molecular flexibility index (Phi) is 10.4. The molecule has 3 aromatic carbocycles. The molecule has 0 bridgehead atoms. The minimum absolute atomic E-state index is 0.0449. The van der Waals surface area contributed by atoms with Gasteiger partial charge in [-0.1, -0.05) is 57.4 Å². The molecule has 0 heterocycles. The van der Waals surface area contributed by atoms with Crippen LogP contribution in [0, 0.1) is 35.0 Å². The number of carbonyl (C=O) groups is 2. The number of halogens is 5. The van der Waals surface area contributed by atoms with Crippen molar-refractivity contribution in [3.8, 4) is 5.75 Å². The summed E-state index contributed by atoms with van der Waals surface area (Å²) in [6.07, 6.45) is 5.48. The van der Waals surface area contributed by atoms with Crippen LogP contribution in [-0.4, -0.2) is 47.9 Å². The zero-order valence-corrected chi connectivity index (χ0v) is 26.1. The van der Waals surface area contributed by atoms with Crippen molar-refractivity contribution >= 4 is 27.6 Å². The molecule has 1 unspecified atom stereocenters. The van der Waals surface area contributed by atoms with Crippen molar-refractivity contribution in [3.05, 3.63) is 88.2 Å². The monoisotopic (exact) mass is 668 g/mol. The van der Waals surface area contributed by atoms with Gasteiger partial charge in [0.2, 0.25) is 21.7 Å². The molecule has 1 aliphatic rings. The minimum Gasteiger partial charge on any atom is -0.507 e. The molecule has 1 aliphatic carbocycles. The third kappa shape index (κ3) is 6.73. The zero-order valence-electron chi connectivity index (χ0n) is 25.2. The van der Waals surface area contributed by atoms with E-state index in [-0.39, 0.29) is 16.5 Å². The second-order valence-electron chi connectivity index (χ2n) is 11.6. The summed E-state index contributed by atoms with van der Waals surface area (Å²) in [5, 5.41) is 19.8. The average Bonchev–Trinajstić information content (AvgIpc) is 3.02. The average molecular weight is 669 g/mol. The Hall–Kier alpha value is -4.04. The lowest BCUT2D eigenvalue weighted by molar-refractivity contribution is -0.123. The number of rotatable bonds is 10. The molecule has 0 saturated heterocycles. The lowest BCUT2D eigenvalue weighted by Gasteiger charge is -2.34. The number of sulfonamides is 1. The number of carboxylic acid groups (broad SMARTS) is 1. The minimum atomic E-state index is -5.52. The Balaban J connectivity index is 1.78. The number of likely N-dealkylation sites (N-methyl/N-ethyl adjacent to an activating group) is 1. The number of aromatic carboxylic acids is 1. The summed E-state index contributed by atoms with van der Waals surface area (Å²) < 4.78 is 98.1. The van der Waals surface area contributed by atoms with Crippen LogP contribution in [0.1, 0.15) is 73.4 Å². The van der Waals surface area contributed by atoms with Crippen LogP contribution in [0.15, 0.2) is 47.4 Å². The van der Waals surface area contributed by atoms with E-state index in [9.17, 15) is 50.2 Å². The van der Waals surface area contributed by atoms with Crippen LogP contribution < -0.4 is 4.90 Å². The first-order valence-corrected chi connectivity index (χ1v) is 16.0. The topological polar surface area (TPSA) is 115 Å². The van der Waals surface area contributed by atoms with Gasteiger partial charge in [-0.15, -0.1) is 0 Å². The van der Waals surface area contributed by atoms with Crippen LogP contribution in [-0.2, 0) is 21.4 Å². The molecule has 0 aliphatic heterocycles. The van der Waals surface area contributed by atoms with Crippen molar-refractivity contribution in [2.45, 2.75) is 69.4 Å². The molecule has 0 aromatic heterocycles. The number of amides is 1. The maximum absolute atomic E-state index is 14.7. The Morgan fingerprint density at radius 2 is 1.41 bits per heavy atom. The van der Waals surface area contributed by atoms with Gasteiger partial charge in [0, 0.05) is 18.8 Å². The molecule has 1 atom stereocenters. The molecular formula is C32H33F5N2O6S. The predicted molar refractivity (Wildman–Crippen MR) is 158 cm³/mol. The number of nitrogens with zero attached hydrogens (tertiary/aromatic N) is 2. The lowest BCUT2D eigenvalue weighted by atomic mass is 9.84.